The van der Waals surface area contributed by atoms with E-state index >= 15 is 0 Å². The molecule has 1 aliphatic heterocycles. The smallest absolute Gasteiger partial charge is 0.145 e. The number of rotatable bonds is 1. The van der Waals surface area contributed by atoms with Crippen molar-refractivity contribution in [2.75, 3.05) is 13.1 Å². The topological polar surface area (TPSA) is 3.01 Å². The summed E-state index contributed by atoms with van der Waals surface area (Å²) in [6.45, 7) is 4.82. The molecule has 11 heavy (non-hydrogen) atoms. The Morgan fingerprint density at radius 2 is 2.36 bits per heavy atom. The fourth-order valence-corrected chi connectivity index (χ4v) is 2.56. The highest BCUT2D eigenvalue weighted by Gasteiger charge is 2.29. The zero-order valence-corrected chi connectivity index (χ0v) is 7.42. The molecule has 0 aromatic carbocycles. The Hall–Kier alpha value is -0.330. The van der Waals surface area contributed by atoms with E-state index in [4.69, 9.17) is 0 Å². The number of hydrogen-bond donors (Lipinski definition) is 0. The third-order valence-electron chi connectivity index (χ3n) is 3.14. The van der Waals surface area contributed by atoms with E-state index in [0.29, 0.717) is 0 Å². The lowest BCUT2D eigenvalue weighted by Crippen LogP contribution is -2.34. The molecule has 1 heterocycles. The van der Waals surface area contributed by atoms with Gasteiger partial charge < -0.3 is 0 Å². The van der Waals surface area contributed by atoms with Crippen LogP contribution in [-0.4, -0.2) is 23.9 Å². The summed E-state index contributed by atoms with van der Waals surface area (Å²) < 4.78 is 2.51. The molecule has 0 aromatic rings. The van der Waals surface area contributed by atoms with E-state index in [1.165, 1.54) is 38.8 Å². The number of hydrogen-bond acceptors (Lipinski definition) is 0. The van der Waals surface area contributed by atoms with Crippen LogP contribution >= 0.6 is 0 Å². The Morgan fingerprint density at radius 3 is 3.09 bits per heavy atom. The molecule has 0 amide bonds. The molecule has 0 aromatic heterocycles. The quantitative estimate of drug-likeness (QED) is 0.505. The highest BCUT2D eigenvalue weighted by Crippen LogP contribution is 2.30. The molecule has 2 bridgehead atoms. The molecule has 0 radical (unpaired) electrons. The third-order valence-corrected chi connectivity index (χ3v) is 3.14. The van der Waals surface area contributed by atoms with Gasteiger partial charge in [-0.3, -0.25) is 0 Å². The summed E-state index contributed by atoms with van der Waals surface area (Å²) in [5, 5.41) is 0. The Labute approximate surface area is 69.1 Å². The van der Waals surface area contributed by atoms with Gasteiger partial charge in [0.15, 0.2) is 0 Å². The molecular weight excluding hydrogens is 134 g/mol. The zero-order chi connectivity index (χ0) is 7.68. The van der Waals surface area contributed by atoms with Gasteiger partial charge in [-0.05, 0) is 26.2 Å². The summed E-state index contributed by atoms with van der Waals surface area (Å²) in [6, 6.07) is 0. The van der Waals surface area contributed by atoms with Gasteiger partial charge in [0.05, 0.1) is 0 Å². The predicted octanol–water partition coefficient (Wildman–Crippen LogP) is 1.91. The normalized spacial score (nSPS) is 36.6. The molecule has 2 rings (SSSR count). The van der Waals surface area contributed by atoms with Crippen LogP contribution in [0, 0.1) is 11.8 Å². The molecule has 1 aliphatic carbocycles. The van der Waals surface area contributed by atoms with E-state index in [-0.39, 0.29) is 0 Å². The Kier molecular flexibility index (Phi) is 1.97. The maximum Gasteiger partial charge on any atom is 0.145 e. The fourth-order valence-electron chi connectivity index (χ4n) is 2.56. The minimum Gasteiger partial charge on any atom is -0.239 e. The van der Waals surface area contributed by atoms with Gasteiger partial charge in [-0.1, -0.05) is 6.42 Å². The van der Waals surface area contributed by atoms with Crippen molar-refractivity contribution in [3.63, 3.8) is 0 Å². The van der Waals surface area contributed by atoms with Crippen LogP contribution in [0.1, 0.15) is 32.6 Å². The zero-order valence-electron chi connectivity index (χ0n) is 7.42. The first-order chi connectivity index (χ1) is 5.38. The molecule has 0 unspecified atom stereocenters. The second-order valence-corrected chi connectivity index (χ2v) is 4.03. The minimum atomic E-state index is 0.933. The number of fused-ring (bicyclic) bond motifs is 2. The highest BCUT2D eigenvalue weighted by atomic mass is 15.0. The van der Waals surface area contributed by atoms with Crippen LogP contribution in [0.5, 0.6) is 0 Å². The monoisotopic (exact) mass is 152 g/mol. The molecule has 62 valence electrons. The Balaban J connectivity index is 2.09. The van der Waals surface area contributed by atoms with E-state index in [1.807, 2.05) is 0 Å². The fraction of sp³-hybridized carbons (Fsp3) is 0.900. The van der Waals surface area contributed by atoms with Crippen LogP contribution in [0.15, 0.2) is 0 Å². The van der Waals surface area contributed by atoms with Crippen molar-refractivity contribution in [3.8, 4) is 0 Å². The second-order valence-electron chi connectivity index (χ2n) is 4.03. The lowest BCUT2D eigenvalue weighted by molar-refractivity contribution is -0.535. The molecule has 1 heteroatoms. The summed E-state index contributed by atoms with van der Waals surface area (Å²) in [5.74, 6) is 1.96. The molecule has 1 fully saturated rings. The van der Waals surface area contributed by atoms with Gasteiger partial charge in [-0.15, -0.1) is 0 Å². The number of nitrogens with zero attached hydrogens (tertiary/aromatic N) is 1. The minimum absolute atomic E-state index is 0.933. The van der Waals surface area contributed by atoms with Crippen molar-refractivity contribution in [1.29, 1.82) is 0 Å². The van der Waals surface area contributed by atoms with Crippen molar-refractivity contribution in [1.82, 2.24) is 0 Å². The van der Waals surface area contributed by atoms with E-state index in [2.05, 4.69) is 17.7 Å². The van der Waals surface area contributed by atoms with Gasteiger partial charge in [0, 0.05) is 11.8 Å². The standard InChI is InChI=1S/C10H18N/c1-2-11-7-9-4-3-5-10(6-9)8-11/h7,9-10H,2-6,8H2,1H3/q+1/t9-,10+/m0/s1. The maximum absolute atomic E-state index is 2.51. The maximum atomic E-state index is 2.51. The van der Waals surface area contributed by atoms with Crippen molar-refractivity contribution in [2.24, 2.45) is 11.8 Å². The van der Waals surface area contributed by atoms with E-state index < -0.39 is 0 Å². The van der Waals surface area contributed by atoms with Gasteiger partial charge in [-0.25, -0.2) is 4.58 Å². The second kappa shape index (κ2) is 2.96. The van der Waals surface area contributed by atoms with Crippen LogP contribution in [0.4, 0.5) is 0 Å². The molecule has 1 saturated carbocycles. The molecule has 2 aliphatic rings. The molecule has 0 N–H and O–H groups in total. The Morgan fingerprint density at radius 1 is 1.45 bits per heavy atom. The van der Waals surface area contributed by atoms with Crippen LogP contribution in [-0.2, 0) is 0 Å². The van der Waals surface area contributed by atoms with Gasteiger partial charge in [0.25, 0.3) is 0 Å². The predicted molar refractivity (Wildman–Crippen MR) is 47.2 cm³/mol. The molecule has 0 saturated heterocycles. The first-order valence-electron chi connectivity index (χ1n) is 4.97. The van der Waals surface area contributed by atoms with Crippen LogP contribution < -0.4 is 0 Å². The van der Waals surface area contributed by atoms with E-state index in [0.717, 1.165) is 11.8 Å². The summed E-state index contributed by atoms with van der Waals surface area (Å²) in [4.78, 5) is 0. The largest absolute Gasteiger partial charge is 0.239 e. The first-order valence-corrected chi connectivity index (χ1v) is 4.97. The van der Waals surface area contributed by atoms with Gasteiger partial charge in [0.1, 0.15) is 19.3 Å². The van der Waals surface area contributed by atoms with Gasteiger partial charge in [0.2, 0.25) is 0 Å². The van der Waals surface area contributed by atoms with Crippen molar-refractivity contribution in [2.45, 2.75) is 32.6 Å². The summed E-state index contributed by atoms with van der Waals surface area (Å²) in [5.41, 5.74) is 0. The molecular formula is C10H18N+. The van der Waals surface area contributed by atoms with Crippen molar-refractivity contribution >= 4 is 6.21 Å². The Bertz CT molecular complexity index is 172. The highest BCUT2D eigenvalue weighted by molar-refractivity contribution is 5.55. The molecule has 0 spiro atoms. The summed E-state index contributed by atoms with van der Waals surface area (Å²) in [7, 11) is 0. The average Bonchev–Trinajstić information content (AvgIpc) is 2.03. The van der Waals surface area contributed by atoms with Crippen LogP contribution in [0.25, 0.3) is 0 Å². The summed E-state index contributed by atoms with van der Waals surface area (Å²) in [6.07, 6.45) is 8.38. The lowest BCUT2D eigenvalue weighted by Gasteiger charge is -2.28. The first kappa shape index (κ1) is 7.33. The molecule has 1 nitrogen and oxygen atoms in total. The van der Waals surface area contributed by atoms with Gasteiger partial charge >= 0.3 is 0 Å². The third kappa shape index (κ3) is 1.47. The average molecular weight is 152 g/mol. The van der Waals surface area contributed by atoms with Crippen molar-refractivity contribution in [3.05, 3.63) is 0 Å². The van der Waals surface area contributed by atoms with E-state index in [1.54, 1.807) is 0 Å². The summed E-state index contributed by atoms with van der Waals surface area (Å²) >= 11 is 0. The lowest BCUT2D eigenvalue weighted by atomic mass is 9.80. The van der Waals surface area contributed by atoms with Crippen molar-refractivity contribution < 1.29 is 4.58 Å². The SMILES string of the molecule is CC[N+]1=C[C@H]2CCC[C@H](C2)C1. The molecule has 2 atom stereocenters. The van der Waals surface area contributed by atoms with E-state index in [9.17, 15) is 0 Å². The van der Waals surface area contributed by atoms with Crippen LogP contribution in [0.2, 0.25) is 0 Å². The van der Waals surface area contributed by atoms with Crippen LogP contribution in [0.3, 0.4) is 0 Å². The van der Waals surface area contributed by atoms with Gasteiger partial charge in [-0.2, -0.15) is 0 Å².